The van der Waals surface area contributed by atoms with E-state index in [4.69, 9.17) is 16.7 Å². The Morgan fingerprint density at radius 1 is 1.69 bits per heavy atom. The number of aliphatic carboxylic acids is 1. The van der Waals surface area contributed by atoms with Crippen molar-refractivity contribution in [2.45, 2.75) is 25.4 Å². The number of aromatic nitrogens is 1. The van der Waals surface area contributed by atoms with E-state index in [9.17, 15) is 4.79 Å². The molecule has 0 radical (unpaired) electrons. The molecule has 1 fully saturated rings. The van der Waals surface area contributed by atoms with Gasteiger partial charge in [-0.2, -0.15) is 0 Å². The summed E-state index contributed by atoms with van der Waals surface area (Å²) in [5.41, 5.74) is 0.935. The van der Waals surface area contributed by atoms with Gasteiger partial charge in [0.2, 0.25) is 0 Å². The maximum atomic E-state index is 11.0. The van der Waals surface area contributed by atoms with Crippen LogP contribution in [0.3, 0.4) is 0 Å². The zero-order chi connectivity index (χ0) is 11.5. The first kappa shape index (κ1) is 11.4. The van der Waals surface area contributed by atoms with Gasteiger partial charge in [-0.15, -0.1) is 0 Å². The zero-order valence-electron chi connectivity index (χ0n) is 8.77. The molecule has 16 heavy (non-hydrogen) atoms. The van der Waals surface area contributed by atoms with Crippen LogP contribution in [0.1, 0.15) is 18.4 Å². The van der Waals surface area contributed by atoms with Crippen molar-refractivity contribution < 1.29 is 9.90 Å². The Morgan fingerprint density at radius 2 is 2.50 bits per heavy atom. The lowest BCUT2D eigenvalue weighted by Gasteiger charge is -2.21. The van der Waals surface area contributed by atoms with Gasteiger partial charge in [-0.05, 0) is 31.0 Å². The Labute approximate surface area is 98.9 Å². The Balaban J connectivity index is 2.10. The highest BCUT2D eigenvalue weighted by molar-refractivity contribution is 6.31. The van der Waals surface area contributed by atoms with Gasteiger partial charge in [0.05, 0.1) is 5.02 Å². The Hall–Kier alpha value is -1.13. The van der Waals surface area contributed by atoms with Crippen LogP contribution in [0.4, 0.5) is 0 Å². The van der Waals surface area contributed by atoms with Crippen LogP contribution >= 0.6 is 11.6 Å². The monoisotopic (exact) mass is 240 g/mol. The zero-order valence-corrected chi connectivity index (χ0v) is 9.52. The second-order valence-corrected chi connectivity index (χ2v) is 4.34. The van der Waals surface area contributed by atoms with Crippen molar-refractivity contribution in [1.82, 2.24) is 9.88 Å². The fourth-order valence-electron chi connectivity index (χ4n) is 2.05. The third kappa shape index (κ3) is 2.33. The van der Waals surface area contributed by atoms with E-state index in [2.05, 4.69) is 4.98 Å². The Morgan fingerprint density at radius 3 is 3.19 bits per heavy atom. The van der Waals surface area contributed by atoms with Crippen molar-refractivity contribution >= 4 is 17.6 Å². The molecule has 0 unspecified atom stereocenters. The first-order chi connectivity index (χ1) is 7.68. The van der Waals surface area contributed by atoms with Crippen molar-refractivity contribution in [1.29, 1.82) is 0 Å². The molecule has 1 saturated heterocycles. The summed E-state index contributed by atoms with van der Waals surface area (Å²) in [5.74, 6) is -0.748. The molecule has 86 valence electrons. The van der Waals surface area contributed by atoms with Crippen LogP contribution < -0.4 is 0 Å². The number of halogens is 1. The van der Waals surface area contributed by atoms with E-state index in [1.807, 2.05) is 11.0 Å². The molecule has 1 aromatic heterocycles. The summed E-state index contributed by atoms with van der Waals surface area (Å²) in [6, 6.07) is 1.46. The molecule has 0 bridgehead atoms. The maximum absolute atomic E-state index is 11.0. The second-order valence-electron chi connectivity index (χ2n) is 3.93. The number of carbonyl (C=O) groups is 1. The smallest absolute Gasteiger partial charge is 0.320 e. The number of likely N-dealkylation sites (tertiary alicyclic amines) is 1. The van der Waals surface area contributed by atoms with Gasteiger partial charge in [0.15, 0.2) is 0 Å². The molecule has 1 aliphatic rings. The molecule has 5 heteroatoms. The van der Waals surface area contributed by atoms with Gasteiger partial charge in [-0.1, -0.05) is 11.6 Å². The van der Waals surface area contributed by atoms with Gasteiger partial charge in [0, 0.05) is 18.9 Å². The third-order valence-electron chi connectivity index (χ3n) is 2.88. The summed E-state index contributed by atoms with van der Waals surface area (Å²) in [5, 5.41) is 9.64. The number of rotatable bonds is 3. The highest BCUT2D eigenvalue weighted by Crippen LogP contribution is 2.23. The largest absolute Gasteiger partial charge is 0.480 e. The summed E-state index contributed by atoms with van der Waals surface area (Å²) in [4.78, 5) is 16.9. The lowest BCUT2D eigenvalue weighted by atomic mass is 10.2. The fourth-order valence-corrected chi connectivity index (χ4v) is 2.23. The van der Waals surface area contributed by atoms with Gasteiger partial charge < -0.3 is 5.11 Å². The molecule has 1 aromatic rings. The highest BCUT2D eigenvalue weighted by Gasteiger charge is 2.30. The molecule has 4 nitrogen and oxygen atoms in total. The van der Waals surface area contributed by atoms with Crippen molar-refractivity contribution in [3.05, 3.63) is 29.0 Å². The summed E-state index contributed by atoms with van der Waals surface area (Å²) in [6.45, 7) is 1.40. The predicted molar refractivity (Wildman–Crippen MR) is 60.3 cm³/mol. The molecule has 1 N–H and O–H groups in total. The Bertz CT molecular complexity index is 397. The molecule has 1 aliphatic heterocycles. The minimum atomic E-state index is -0.748. The lowest BCUT2D eigenvalue weighted by Crippen LogP contribution is -2.35. The molecular weight excluding hydrogens is 228 g/mol. The van der Waals surface area contributed by atoms with Gasteiger partial charge >= 0.3 is 5.97 Å². The predicted octanol–water partition coefficient (Wildman–Crippen LogP) is 1.78. The van der Waals surface area contributed by atoms with Crippen LogP contribution in [0.5, 0.6) is 0 Å². The molecule has 0 saturated carbocycles. The second kappa shape index (κ2) is 4.80. The molecule has 0 amide bonds. The number of nitrogens with zero attached hydrogens (tertiary/aromatic N) is 2. The van der Waals surface area contributed by atoms with Gasteiger partial charge in [0.1, 0.15) is 6.04 Å². The quantitative estimate of drug-likeness (QED) is 0.875. The van der Waals surface area contributed by atoms with Gasteiger partial charge in [-0.3, -0.25) is 14.7 Å². The standard InChI is InChI=1S/C11H13ClN2O2/c12-9-6-13-4-3-8(9)7-14-5-1-2-10(14)11(15)16/h3-4,6,10H,1-2,5,7H2,(H,15,16)/t10-/m0/s1. The molecule has 0 aromatic carbocycles. The van der Waals surface area contributed by atoms with Crippen LogP contribution in [-0.4, -0.2) is 33.5 Å². The van der Waals surface area contributed by atoms with Crippen LogP contribution in [0.15, 0.2) is 18.5 Å². The van der Waals surface area contributed by atoms with Crippen molar-refractivity contribution in [2.75, 3.05) is 6.54 Å². The first-order valence-corrected chi connectivity index (χ1v) is 5.61. The minimum absolute atomic E-state index is 0.371. The van der Waals surface area contributed by atoms with E-state index < -0.39 is 5.97 Å². The lowest BCUT2D eigenvalue weighted by molar-refractivity contribution is -0.142. The molecule has 1 atom stereocenters. The SMILES string of the molecule is O=C(O)[C@@H]1CCCN1Cc1ccncc1Cl. The van der Waals surface area contributed by atoms with E-state index in [-0.39, 0.29) is 6.04 Å². The number of pyridine rings is 1. The summed E-state index contributed by atoms with van der Waals surface area (Å²) < 4.78 is 0. The van der Waals surface area contributed by atoms with E-state index >= 15 is 0 Å². The molecule has 0 aliphatic carbocycles. The van der Waals surface area contributed by atoms with Crippen molar-refractivity contribution in [3.63, 3.8) is 0 Å². The number of hydrogen-bond acceptors (Lipinski definition) is 3. The summed E-state index contributed by atoms with van der Waals surface area (Å²) in [6.07, 6.45) is 4.91. The van der Waals surface area contributed by atoms with E-state index in [1.165, 1.54) is 0 Å². The fraction of sp³-hybridized carbons (Fsp3) is 0.455. The minimum Gasteiger partial charge on any atom is -0.480 e. The summed E-state index contributed by atoms with van der Waals surface area (Å²) in [7, 11) is 0. The number of carboxylic acid groups (broad SMARTS) is 1. The maximum Gasteiger partial charge on any atom is 0.320 e. The molecule has 2 rings (SSSR count). The van der Waals surface area contributed by atoms with E-state index in [0.29, 0.717) is 11.6 Å². The first-order valence-electron chi connectivity index (χ1n) is 5.23. The number of carboxylic acids is 1. The average Bonchev–Trinajstić information content (AvgIpc) is 2.69. The van der Waals surface area contributed by atoms with E-state index in [1.54, 1.807) is 12.4 Å². The van der Waals surface area contributed by atoms with E-state index in [0.717, 1.165) is 24.9 Å². The molecule has 2 heterocycles. The topological polar surface area (TPSA) is 53.4 Å². The van der Waals surface area contributed by atoms with Crippen molar-refractivity contribution in [2.24, 2.45) is 0 Å². The van der Waals surface area contributed by atoms with Gasteiger partial charge in [-0.25, -0.2) is 0 Å². The molecular formula is C11H13ClN2O2. The average molecular weight is 241 g/mol. The van der Waals surface area contributed by atoms with Crippen molar-refractivity contribution in [3.8, 4) is 0 Å². The summed E-state index contributed by atoms with van der Waals surface area (Å²) >= 11 is 5.99. The molecule has 0 spiro atoms. The van der Waals surface area contributed by atoms with Crippen LogP contribution in [0.2, 0.25) is 5.02 Å². The Kier molecular flexibility index (Phi) is 3.41. The van der Waals surface area contributed by atoms with Crippen LogP contribution in [0.25, 0.3) is 0 Å². The van der Waals surface area contributed by atoms with Crippen LogP contribution in [-0.2, 0) is 11.3 Å². The third-order valence-corrected chi connectivity index (χ3v) is 3.22. The highest BCUT2D eigenvalue weighted by atomic mass is 35.5. The number of hydrogen-bond donors (Lipinski definition) is 1. The van der Waals surface area contributed by atoms with Crippen LogP contribution in [0, 0.1) is 0 Å². The van der Waals surface area contributed by atoms with Gasteiger partial charge in [0.25, 0.3) is 0 Å². The normalized spacial score (nSPS) is 21.2.